The van der Waals surface area contributed by atoms with Crippen LogP contribution in [0.5, 0.6) is 0 Å². The van der Waals surface area contributed by atoms with Crippen LogP contribution in [0.1, 0.15) is 5.69 Å². The first-order valence-electron chi connectivity index (χ1n) is 4.18. The highest BCUT2D eigenvalue weighted by Crippen LogP contribution is 2.10. The van der Waals surface area contributed by atoms with Gasteiger partial charge in [-0.15, -0.1) is 11.3 Å². The summed E-state index contributed by atoms with van der Waals surface area (Å²) < 4.78 is 4.80. The average Bonchev–Trinajstić information content (AvgIpc) is 2.52. The molecule has 6 heteroatoms. The van der Waals surface area contributed by atoms with Gasteiger partial charge >= 0.3 is 0 Å². The van der Waals surface area contributed by atoms with E-state index in [4.69, 9.17) is 10.5 Å². The van der Waals surface area contributed by atoms with Gasteiger partial charge < -0.3 is 15.8 Å². The van der Waals surface area contributed by atoms with Crippen LogP contribution in [0.15, 0.2) is 5.38 Å². The molecule has 0 bridgehead atoms. The number of nitrogen functional groups attached to an aromatic ring is 1. The summed E-state index contributed by atoms with van der Waals surface area (Å²) in [6.07, 6.45) is 0.275. The van der Waals surface area contributed by atoms with Crippen molar-refractivity contribution >= 4 is 22.4 Å². The zero-order chi connectivity index (χ0) is 10.4. The molecule has 0 aliphatic carbocycles. The van der Waals surface area contributed by atoms with Gasteiger partial charge in [0.2, 0.25) is 5.91 Å². The van der Waals surface area contributed by atoms with Crippen molar-refractivity contribution in [2.24, 2.45) is 0 Å². The number of aromatic nitrogens is 1. The molecule has 0 fully saturated rings. The van der Waals surface area contributed by atoms with Crippen LogP contribution >= 0.6 is 11.3 Å². The fourth-order valence-electron chi connectivity index (χ4n) is 0.923. The number of hydrogen-bond donors (Lipinski definition) is 2. The van der Waals surface area contributed by atoms with Gasteiger partial charge in [0.1, 0.15) is 0 Å². The first-order chi connectivity index (χ1) is 6.72. The number of methoxy groups -OCH3 is 1. The van der Waals surface area contributed by atoms with Crippen molar-refractivity contribution in [3.8, 4) is 0 Å². The van der Waals surface area contributed by atoms with E-state index < -0.39 is 0 Å². The number of hydrogen-bond acceptors (Lipinski definition) is 5. The molecule has 0 unspecified atom stereocenters. The predicted octanol–water partition coefficient (Wildman–Crippen LogP) is 0.0304. The maximum Gasteiger partial charge on any atom is 0.226 e. The topological polar surface area (TPSA) is 77.2 Å². The molecule has 1 heterocycles. The lowest BCUT2D eigenvalue weighted by Gasteiger charge is -2.01. The number of amides is 1. The standard InChI is InChI=1S/C8H13N3O2S/c1-13-3-2-10-7(12)4-6-5-14-8(9)11-6/h5H,2-4H2,1H3,(H2,9,11)(H,10,12). The Bertz CT molecular complexity index is 301. The van der Waals surface area contributed by atoms with Crippen molar-refractivity contribution in [3.63, 3.8) is 0 Å². The van der Waals surface area contributed by atoms with Crippen molar-refractivity contribution < 1.29 is 9.53 Å². The number of nitrogens with zero attached hydrogens (tertiary/aromatic N) is 1. The molecule has 0 aromatic carbocycles. The minimum absolute atomic E-state index is 0.0626. The lowest BCUT2D eigenvalue weighted by molar-refractivity contribution is -0.120. The Labute approximate surface area is 86.3 Å². The van der Waals surface area contributed by atoms with Gasteiger partial charge in [0.05, 0.1) is 18.7 Å². The van der Waals surface area contributed by atoms with E-state index in [-0.39, 0.29) is 12.3 Å². The molecular formula is C8H13N3O2S. The van der Waals surface area contributed by atoms with Crippen LogP contribution in [0.4, 0.5) is 5.13 Å². The molecule has 3 N–H and O–H groups in total. The van der Waals surface area contributed by atoms with Crippen molar-refractivity contribution in [1.82, 2.24) is 10.3 Å². The Morgan fingerprint density at radius 2 is 2.57 bits per heavy atom. The molecule has 5 nitrogen and oxygen atoms in total. The van der Waals surface area contributed by atoms with Crippen LogP contribution in [0.25, 0.3) is 0 Å². The monoisotopic (exact) mass is 215 g/mol. The van der Waals surface area contributed by atoms with Crippen LogP contribution in [0.2, 0.25) is 0 Å². The van der Waals surface area contributed by atoms with Crippen LogP contribution in [0.3, 0.4) is 0 Å². The van der Waals surface area contributed by atoms with Crippen molar-refractivity contribution in [2.45, 2.75) is 6.42 Å². The fraction of sp³-hybridized carbons (Fsp3) is 0.500. The van der Waals surface area contributed by atoms with Gasteiger partial charge in [0.15, 0.2) is 5.13 Å². The highest BCUT2D eigenvalue weighted by molar-refractivity contribution is 7.13. The van der Waals surface area contributed by atoms with Crippen LogP contribution < -0.4 is 11.1 Å². The summed E-state index contributed by atoms with van der Waals surface area (Å²) in [6.45, 7) is 1.04. The van der Waals surface area contributed by atoms with Gasteiger partial charge in [-0.25, -0.2) is 4.98 Å². The molecule has 0 aliphatic heterocycles. The minimum atomic E-state index is -0.0626. The van der Waals surface area contributed by atoms with E-state index in [1.54, 1.807) is 12.5 Å². The van der Waals surface area contributed by atoms with E-state index in [1.807, 2.05) is 0 Å². The quantitative estimate of drug-likeness (QED) is 0.679. The molecule has 0 aliphatic rings. The number of ether oxygens (including phenoxy) is 1. The Hall–Kier alpha value is -1.14. The van der Waals surface area contributed by atoms with Gasteiger partial charge in [-0.2, -0.15) is 0 Å². The zero-order valence-electron chi connectivity index (χ0n) is 7.95. The molecule has 78 valence electrons. The van der Waals surface area contributed by atoms with Crippen LogP contribution in [-0.4, -0.2) is 31.2 Å². The molecule has 0 saturated heterocycles. The molecule has 1 rings (SSSR count). The molecule has 1 aromatic heterocycles. The molecule has 0 radical (unpaired) electrons. The third-order valence-electron chi connectivity index (χ3n) is 1.54. The SMILES string of the molecule is COCCNC(=O)Cc1csc(N)n1. The first kappa shape index (κ1) is 10.9. The molecule has 14 heavy (non-hydrogen) atoms. The molecule has 0 spiro atoms. The smallest absolute Gasteiger partial charge is 0.226 e. The maximum absolute atomic E-state index is 11.3. The number of thiazole rings is 1. The first-order valence-corrected chi connectivity index (χ1v) is 5.06. The number of anilines is 1. The number of carbonyl (C=O) groups excluding carboxylic acids is 1. The summed E-state index contributed by atoms with van der Waals surface area (Å²) in [6, 6.07) is 0. The summed E-state index contributed by atoms with van der Waals surface area (Å²) in [4.78, 5) is 15.2. The Morgan fingerprint density at radius 1 is 1.79 bits per heavy atom. The second kappa shape index (κ2) is 5.56. The Balaban J connectivity index is 2.27. The number of rotatable bonds is 5. The second-order valence-electron chi connectivity index (χ2n) is 2.70. The molecule has 1 amide bonds. The van der Waals surface area contributed by atoms with E-state index >= 15 is 0 Å². The lowest BCUT2D eigenvalue weighted by atomic mass is 10.3. The molecule has 1 aromatic rings. The Kier molecular flexibility index (Phi) is 4.34. The van der Waals surface area contributed by atoms with E-state index in [2.05, 4.69) is 10.3 Å². The summed E-state index contributed by atoms with van der Waals surface area (Å²) >= 11 is 1.34. The van der Waals surface area contributed by atoms with Crippen molar-refractivity contribution in [3.05, 3.63) is 11.1 Å². The molecule has 0 atom stereocenters. The fourth-order valence-corrected chi connectivity index (χ4v) is 1.49. The van der Waals surface area contributed by atoms with Crippen LogP contribution in [0, 0.1) is 0 Å². The lowest BCUT2D eigenvalue weighted by Crippen LogP contribution is -2.28. The molecular weight excluding hydrogens is 202 g/mol. The summed E-state index contributed by atoms with van der Waals surface area (Å²) in [5.41, 5.74) is 6.14. The number of nitrogens with two attached hydrogens (primary N) is 1. The second-order valence-corrected chi connectivity index (χ2v) is 3.59. The van der Waals surface area contributed by atoms with Crippen LogP contribution in [-0.2, 0) is 16.0 Å². The predicted molar refractivity (Wildman–Crippen MR) is 55.1 cm³/mol. The van der Waals surface area contributed by atoms with E-state index in [9.17, 15) is 4.79 Å². The normalized spacial score (nSPS) is 10.1. The summed E-state index contributed by atoms with van der Waals surface area (Å²) in [5.74, 6) is -0.0626. The van der Waals surface area contributed by atoms with E-state index in [0.29, 0.717) is 24.0 Å². The Morgan fingerprint density at radius 3 is 3.14 bits per heavy atom. The van der Waals surface area contributed by atoms with E-state index in [0.717, 1.165) is 0 Å². The minimum Gasteiger partial charge on any atom is -0.383 e. The molecule has 0 saturated carbocycles. The average molecular weight is 215 g/mol. The highest BCUT2D eigenvalue weighted by atomic mass is 32.1. The van der Waals surface area contributed by atoms with E-state index in [1.165, 1.54) is 11.3 Å². The third kappa shape index (κ3) is 3.71. The largest absolute Gasteiger partial charge is 0.383 e. The van der Waals surface area contributed by atoms with Gasteiger partial charge in [-0.1, -0.05) is 0 Å². The van der Waals surface area contributed by atoms with Crippen molar-refractivity contribution in [1.29, 1.82) is 0 Å². The summed E-state index contributed by atoms with van der Waals surface area (Å²) in [5, 5.41) is 4.97. The van der Waals surface area contributed by atoms with Gasteiger partial charge in [-0.3, -0.25) is 4.79 Å². The highest BCUT2D eigenvalue weighted by Gasteiger charge is 2.05. The van der Waals surface area contributed by atoms with Gasteiger partial charge in [0, 0.05) is 19.0 Å². The maximum atomic E-state index is 11.3. The number of nitrogens with one attached hydrogen (secondary N) is 1. The number of carbonyl (C=O) groups is 1. The third-order valence-corrected chi connectivity index (χ3v) is 2.26. The van der Waals surface area contributed by atoms with Crippen molar-refractivity contribution in [2.75, 3.05) is 26.0 Å². The van der Waals surface area contributed by atoms with Gasteiger partial charge in [0.25, 0.3) is 0 Å². The zero-order valence-corrected chi connectivity index (χ0v) is 8.76. The van der Waals surface area contributed by atoms with Gasteiger partial charge in [-0.05, 0) is 0 Å². The summed E-state index contributed by atoms with van der Waals surface area (Å²) in [7, 11) is 1.59.